The summed E-state index contributed by atoms with van der Waals surface area (Å²) in [6, 6.07) is 5.48. The molecule has 0 radical (unpaired) electrons. The van der Waals surface area contributed by atoms with E-state index in [9.17, 15) is 4.79 Å². The molecule has 1 aromatic heterocycles. The Morgan fingerprint density at radius 1 is 1.56 bits per heavy atom. The molecule has 0 saturated heterocycles. The predicted molar refractivity (Wildman–Crippen MR) is 64.6 cm³/mol. The highest BCUT2D eigenvalue weighted by molar-refractivity contribution is 9.10. The summed E-state index contributed by atoms with van der Waals surface area (Å²) >= 11 is 3.37. The first-order valence-electron chi connectivity index (χ1n) is 4.93. The fourth-order valence-electron chi connectivity index (χ4n) is 1.54. The van der Waals surface area contributed by atoms with Crippen LogP contribution in [-0.2, 0) is 11.3 Å². The van der Waals surface area contributed by atoms with Crippen molar-refractivity contribution in [2.45, 2.75) is 19.6 Å². The molecule has 0 amide bonds. The van der Waals surface area contributed by atoms with Crippen molar-refractivity contribution in [3.63, 3.8) is 0 Å². The number of aromatic nitrogens is 1. The largest absolute Gasteiger partial charge is 0.420 e. The molecule has 0 N–H and O–H groups in total. The average Bonchev–Trinajstić information content (AvgIpc) is 2.55. The number of halogens is 1. The summed E-state index contributed by atoms with van der Waals surface area (Å²) in [5.41, 5.74) is 1.37. The second-order valence-electron chi connectivity index (χ2n) is 3.64. The monoisotopic (exact) mass is 285 g/mol. The maximum atomic E-state index is 11.6. The second kappa shape index (κ2) is 4.43. The molecule has 2 aromatic rings. The molecule has 0 saturated carbocycles. The van der Waals surface area contributed by atoms with E-state index in [0.29, 0.717) is 12.1 Å². The Morgan fingerprint density at radius 3 is 3.00 bits per heavy atom. The van der Waals surface area contributed by atoms with Gasteiger partial charge >= 0.3 is 5.76 Å². The SMILES string of the molecule is CO[C@@H](C)Cn1c(=O)oc2ccc(Br)cc21. The van der Waals surface area contributed by atoms with Gasteiger partial charge in [0.25, 0.3) is 0 Å². The van der Waals surface area contributed by atoms with Gasteiger partial charge in [0.15, 0.2) is 5.58 Å². The van der Waals surface area contributed by atoms with Crippen LogP contribution in [0.15, 0.2) is 31.9 Å². The highest BCUT2D eigenvalue weighted by atomic mass is 79.9. The first-order valence-corrected chi connectivity index (χ1v) is 5.73. The summed E-state index contributed by atoms with van der Waals surface area (Å²) in [5.74, 6) is -0.350. The lowest BCUT2D eigenvalue weighted by Crippen LogP contribution is -2.22. The van der Waals surface area contributed by atoms with Crippen LogP contribution in [-0.4, -0.2) is 17.8 Å². The molecule has 0 fully saturated rings. The van der Waals surface area contributed by atoms with Gasteiger partial charge in [-0.25, -0.2) is 4.79 Å². The number of hydrogen-bond donors (Lipinski definition) is 0. The number of fused-ring (bicyclic) bond motifs is 1. The van der Waals surface area contributed by atoms with Gasteiger partial charge in [0.1, 0.15) is 0 Å². The Hall–Kier alpha value is -1.07. The van der Waals surface area contributed by atoms with Crippen molar-refractivity contribution < 1.29 is 9.15 Å². The van der Waals surface area contributed by atoms with E-state index in [4.69, 9.17) is 9.15 Å². The minimum absolute atomic E-state index is 0.0301. The summed E-state index contributed by atoms with van der Waals surface area (Å²) in [6.07, 6.45) is -0.0301. The normalized spacial score (nSPS) is 13.2. The fourth-order valence-corrected chi connectivity index (χ4v) is 1.89. The molecule has 2 rings (SSSR count). The summed E-state index contributed by atoms with van der Waals surface area (Å²) in [5, 5.41) is 0. The lowest BCUT2D eigenvalue weighted by Gasteiger charge is -2.09. The zero-order valence-corrected chi connectivity index (χ0v) is 10.7. The number of oxazole rings is 1. The number of nitrogens with zero attached hydrogens (tertiary/aromatic N) is 1. The molecular weight excluding hydrogens is 274 g/mol. The van der Waals surface area contributed by atoms with Crippen molar-refractivity contribution in [1.29, 1.82) is 0 Å². The minimum atomic E-state index is -0.350. The summed E-state index contributed by atoms with van der Waals surface area (Å²) in [4.78, 5) is 11.6. The van der Waals surface area contributed by atoms with E-state index < -0.39 is 0 Å². The molecule has 16 heavy (non-hydrogen) atoms. The van der Waals surface area contributed by atoms with Gasteiger partial charge in [-0.15, -0.1) is 0 Å². The van der Waals surface area contributed by atoms with Crippen LogP contribution in [0.2, 0.25) is 0 Å². The van der Waals surface area contributed by atoms with Gasteiger partial charge in [0, 0.05) is 11.6 Å². The highest BCUT2D eigenvalue weighted by Gasteiger charge is 2.11. The van der Waals surface area contributed by atoms with Crippen molar-refractivity contribution >= 4 is 27.0 Å². The van der Waals surface area contributed by atoms with Crippen LogP contribution in [0.25, 0.3) is 11.1 Å². The van der Waals surface area contributed by atoms with Crippen LogP contribution in [0.1, 0.15) is 6.92 Å². The standard InChI is InChI=1S/C11H12BrNO3/c1-7(15-2)6-13-9-5-8(12)3-4-10(9)16-11(13)14/h3-5,7H,6H2,1-2H3/t7-/m0/s1. The van der Waals surface area contributed by atoms with Gasteiger partial charge < -0.3 is 9.15 Å². The van der Waals surface area contributed by atoms with E-state index in [1.54, 1.807) is 17.7 Å². The number of hydrogen-bond acceptors (Lipinski definition) is 3. The minimum Gasteiger partial charge on any atom is -0.408 e. The third-order valence-corrected chi connectivity index (χ3v) is 2.96. The van der Waals surface area contributed by atoms with E-state index in [1.807, 2.05) is 19.1 Å². The molecule has 1 heterocycles. The molecule has 1 aromatic carbocycles. The van der Waals surface area contributed by atoms with E-state index >= 15 is 0 Å². The molecular formula is C11H12BrNO3. The van der Waals surface area contributed by atoms with Gasteiger partial charge in [0.05, 0.1) is 18.2 Å². The number of rotatable bonds is 3. The summed E-state index contributed by atoms with van der Waals surface area (Å²) in [6.45, 7) is 2.39. The molecule has 0 aliphatic rings. The third kappa shape index (κ3) is 2.05. The maximum Gasteiger partial charge on any atom is 0.420 e. The van der Waals surface area contributed by atoms with E-state index in [0.717, 1.165) is 9.99 Å². The molecule has 0 spiro atoms. The van der Waals surface area contributed by atoms with Crippen LogP contribution in [0.4, 0.5) is 0 Å². The average molecular weight is 286 g/mol. The Bertz CT molecular complexity index is 558. The van der Waals surface area contributed by atoms with Gasteiger partial charge in [0.2, 0.25) is 0 Å². The highest BCUT2D eigenvalue weighted by Crippen LogP contribution is 2.19. The van der Waals surface area contributed by atoms with E-state index in [-0.39, 0.29) is 11.9 Å². The van der Waals surface area contributed by atoms with Crippen molar-refractivity contribution in [2.24, 2.45) is 0 Å². The van der Waals surface area contributed by atoms with Gasteiger partial charge in [-0.05, 0) is 25.1 Å². The molecule has 4 nitrogen and oxygen atoms in total. The zero-order chi connectivity index (χ0) is 11.7. The zero-order valence-electron chi connectivity index (χ0n) is 9.07. The molecule has 1 atom stereocenters. The van der Waals surface area contributed by atoms with Crippen LogP contribution in [0.3, 0.4) is 0 Å². The third-order valence-electron chi connectivity index (χ3n) is 2.47. The van der Waals surface area contributed by atoms with E-state index in [2.05, 4.69) is 15.9 Å². The second-order valence-corrected chi connectivity index (χ2v) is 4.55. The van der Waals surface area contributed by atoms with Crippen LogP contribution >= 0.6 is 15.9 Å². The summed E-state index contributed by atoms with van der Waals surface area (Å²) in [7, 11) is 1.62. The lowest BCUT2D eigenvalue weighted by molar-refractivity contribution is 0.102. The molecule has 0 aliphatic carbocycles. The molecule has 0 unspecified atom stereocenters. The summed E-state index contributed by atoms with van der Waals surface area (Å²) < 4.78 is 12.8. The Labute approximate surface area is 101 Å². The van der Waals surface area contributed by atoms with Gasteiger partial charge in [-0.2, -0.15) is 0 Å². The topological polar surface area (TPSA) is 44.4 Å². The number of benzene rings is 1. The first-order chi connectivity index (χ1) is 7.61. The van der Waals surface area contributed by atoms with Crippen molar-refractivity contribution in [3.05, 3.63) is 33.2 Å². The quantitative estimate of drug-likeness (QED) is 0.870. The Balaban J connectivity index is 2.54. The Morgan fingerprint density at radius 2 is 2.31 bits per heavy atom. The molecule has 5 heteroatoms. The fraction of sp³-hybridized carbons (Fsp3) is 0.364. The lowest BCUT2D eigenvalue weighted by atomic mass is 10.3. The number of methoxy groups -OCH3 is 1. The van der Waals surface area contributed by atoms with Crippen LogP contribution in [0, 0.1) is 0 Å². The maximum absolute atomic E-state index is 11.6. The first kappa shape index (κ1) is 11.4. The van der Waals surface area contributed by atoms with Crippen molar-refractivity contribution in [2.75, 3.05) is 7.11 Å². The molecule has 86 valence electrons. The van der Waals surface area contributed by atoms with Crippen LogP contribution < -0.4 is 5.76 Å². The van der Waals surface area contributed by atoms with Gasteiger partial charge in [-0.3, -0.25) is 4.57 Å². The Kier molecular flexibility index (Phi) is 3.16. The molecule has 0 aliphatic heterocycles. The van der Waals surface area contributed by atoms with Gasteiger partial charge in [-0.1, -0.05) is 15.9 Å². The smallest absolute Gasteiger partial charge is 0.408 e. The predicted octanol–water partition coefficient (Wildman–Crippen LogP) is 2.39. The van der Waals surface area contributed by atoms with Crippen molar-refractivity contribution in [1.82, 2.24) is 4.57 Å². The molecule has 0 bridgehead atoms. The number of ether oxygens (including phenoxy) is 1. The van der Waals surface area contributed by atoms with E-state index in [1.165, 1.54) is 0 Å². The van der Waals surface area contributed by atoms with Crippen LogP contribution in [0.5, 0.6) is 0 Å². The van der Waals surface area contributed by atoms with Crippen molar-refractivity contribution in [3.8, 4) is 0 Å².